The summed E-state index contributed by atoms with van der Waals surface area (Å²) >= 11 is 0. The quantitative estimate of drug-likeness (QED) is 0.615. The molecule has 0 aliphatic rings. The summed E-state index contributed by atoms with van der Waals surface area (Å²) in [5, 5.41) is 21.5. The minimum Gasteiger partial charge on any atom is -0.504 e. The third-order valence-corrected chi connectivity index (χ3v) is 4.08. The van der Waals surface area contributed by atoms with Gasteiger partial charge in [-0.25, -0.2) is 9.59 Å². The summed E-state index contributed by atoms with van der Waals surface area (Å²) in [5.41, 5.74) is 2.12. The average molecular weight is 385 g/mol. The van der Waals surface area contributed by atoms with Gasteiger partial charge >= 0.3 is 12.1 Å². The maximum atomic E-state index is 12.4. The number of aliphatic carboxylic acids is 1. The number of methoxy groups -OCH3 is 1. The Morgan fingerprint density at radius 2 is 1.82 bits per heavy atom. The van der Waals surface area contributed by atoms with E-state index in [2.05, 4.69) is 5.32 Å². The van der Waals surface area contributed by atoms with E-state index in [-0.39, 0.29) is 11.5 Å². The molecule has 0 aliphatic heterocycles. The van der Waals surface area contributed by atoms with Crippen LogP contribution in [0.2, 0.25) is 0 Å². The number of hydrogen-bond donors (Lipinski definition) is 3. The number of ether oxygens (including phenoxy) is 2. The standard InChI is InChI=1S/C21H23NO6/c1-13-4-8-16(9-5-13)22-21(26)28-20(14(2)6-11-19(24)25)15-7-10-18(27-3)17(23)12-15/h4-12,14,20,23H,1-3H3,(H,22,26)(H,24,25)/b11-6+/t14-,20+/m1/s1. The van der Waals surface area contributed by atoms with Gasteiger partial charge in [0.25, 0.3) is 0 Å². The summed E-state index contributed by atoms with van der Waals surface area (Å²) in [6.07, 6.45) is 0.896. The predicted molar refractivity (Wildman–Crippen MR) is 105 cm³/mol. The van der Waals surface area contributed by atoms with Crippen molar-refractivity contribution in [2.24, 2.45) is 5.92 Å². The lowest BCUT2D eigenvalue weighted by atomic mass is 9.96. The molecule has 0 fully saturated rings. The second-order valence-electron chi connectivity index (χ2n) is 6.30. The zero-order chi connectivity index (χ0) is 20.7. The first kappa shape index (κ1) is 20.8. The Morgan fingerprint density at radius 3 is 2.39 bits per heavy atom. The molecule has 0 aromatic heterocycles. The van der Waals surface area contributed by atoms with Crippen LogP contribution in [0.1, 0.15) is 24.2 Å². The maximum absolute atomic E-state index is 12.4. The molecule has 148 valence electrons. The Labute approximate surface area is 163 Å². The number of rotatable bonds is 7. The number of phenols is 1. The number of carbonyl (C=O) groups is 2. The van der Waals surface area contributed by atoms with E-state index in [1.807, 2.05) is 19.1 Å². The third kappa shape index (κ3) is 5.77. The molecule has 3 N–H and O–H groups in total. The Bertz CT molecular complexity index is 860. The van der Waals surface area contributed by atoms with Gasteiger partial charge in [-0.05, 0) is 36.8 Å². The fourth-order valence-electron chi connectivity index (χ4n) is 2.60. The zero-order valence-electron chi connectivity index (χ0n) is 15.9. The van der Waals surface area contributed by atoms with Gasteiger partial charge in [0.2, 0.25) is 0 Å². The first-order chi connectivity index (χ1) is 13.3. The maximum Gasteiger partial charge on any atom is 0.412 e. The molecular weight excluding hydrogens is 362 g/mol. The number of anilines is 1. The minimum atomic E-state index is -1.10. The average Bonchev–Trinajstić information content (AvgIpc) is 2.66. The molecule has 7 nitrogen and oxygen atoms in total. The molecule has 1 amide bonds. The molecule has 0 heterocycles. The van der Waals surface area contributed by atoms with Gasteiger partial charge in [-0.2, -0.15) is 0 Å². The van der Waals surface area contributed by atoms with Crippen molar-refractivity contribution >= 4 is 17.7 Å². The van der Waals surface area contributed by atoms with Crippen LogP contribution in [-0.4, -0.2) is 29.4 Å². The summed E-state index contributed by atoms with van der Waals surface area (Å²) in [4.78, 5) is 23.2. The molecule has 2 aromatic rings. The molecule has 0 spiro atoms. The lowest BCUT2D eigenvalue weighted by molar-refractivity contribution is -0.131. The van der Waals surface area contributed by atoms with Gasteiger partial charge in [-0.3, -0.25) is 5.32 Å². The Balaban J connectivity index is 2.24. The van der Waals surface area contributed by atoms with Crippen LogP contribution < -0.4 is 10.1 Å². The SMILES string of the molecule is COc1ccc([C@@H](OC(=O)Nc2ccc(C)cc2)[C@H](C)/C=C/C(=O)O)cc1O. The van der Waals surface area contributed by atoms with E-state index in [1.54, 1.807) is 31.2 Å². The van der Waals surface area contributed by atoms with Gasteiger partial charge in [-0.1, -0.05) is 36.8 Å². The van der Waals surface area contributed by atoms with Crippen LogP contribution in [0.15, 0.2) is 54.6 Å². The topological polar surface area (TPSA) is 105 Å². The summed E-state index contributed by atoms with van der Waals surface area (Å²) in [5.74, 6) is -1.40. The highest BCUT2D eigenvalue weighted by atomic mass is 16.6. The smallest absolute Gasteiger partial charge is 0.412 e. The summed E-state index contributed by atoms with van der Waals surface area (Å²) < 4.78 is 10.6. The predicted octanol–water partition coefficient (Wildman–Crippen LogP) is 4.28. The Kier molecular flexibility index (Phi) is 7.03. The van der Waals surface area contributed by atoms with Crippen molar-refractivity contribution in [1.29, 1.82) is 0 Å². The van der Waals surface area contributed by atoms with E-state index in [0.717, 1.165) is 11.6 Å². The normalized spacial score (nSPS) is 13.0. The minimum absolute atomic E-state index is 0.109. The molecular formula is C21H23NO6. The molecule has 28 heavy (non-hydrogen) atoms. The Morgan fingerprint density at radius 1 is 1.14 bits per heavy atom. The second-order valence-corrected chi connectivity index (χ2v) is 6.30. The number of phenolic OH excluding ortho intramolecular Hbond substituents is 1. The van der Waals surface area contributed by atoms with Crippen molar-refractivity contribution in [2.45, 2.75) is 20.0 Å². The molecule has 0 saturated heterocycles. The van der Waals surface area contributed by atoms with Crippen LogP contribution in [0.5, 0.6) is 11.5 Å². The zero-order valence-corrected chi connectivity index (χ0v) is 15.9. The monoisotopic (exact) mass is 385 g/mol. The molecule has 2 aromatic carbocycles. The molecule has 2 rings (SSSR count). The van der Waals surface area contributed by atoms with E-state index in [1.165, 1.54) is 19.3 Å². The number of carbonyl (C=O) groups excluding carboxylic acids is 1. The molecule has 0 bridgehead atoms. The van der Waals surface area contributed by atoms with E-state index < -0.39 is 24.1 Å². The van der Waals surface area contributed by atoms with Crippen molar-refractivity contribution in [2.75, 3.05) is 12.4 Å². The van der Waals surface area contributed by atoms with Crippen LogP contribution in [-0.2, 0) is 9.53 Å². The van der Waals surface area contributed by atoms with Crippen LogP contribution in [0.25, 0.3) is 0 Å². The van der Waals surface area contributed by atoms with Gasteiger partial charge < -0.3 is 19.7 Å². The number of carboxylic acid groups (broad SMARTS) is 1. The lowest BCUT2D eigenvalue weighted by Gasteiger charge is -2.23. The highest BCUT2D eigenvalue weighted by Crippen LogP contribution is 2.34. The highest BCUT2D eigenvalue weighted by Gasteiger charge is 2.23. The van der Waals surface area contributed by atoms with E-state index in [0.29, 0.717) is 11.3 Å². The van der Waals surface area contributed by atoms with Crippen molar-refractivity contribution in [3.63, 3.8) is 0 Å². The third-order valence-electron chi connectivity index (χ3n) is 4.08. The summed E-state index contributed by atoms with van der Waals surface area (Å²) in [7, 11) is 1.43. The first-order valence-corrected chi connectivity index (χ1v) is 8.62. The number of amides is 1. The van der Waals surface area contributed by atoms with Gasteiger partial charge in [0.05, 0.1) is 7.11 Å². The number of aryl methyl sites for hydroxylation is 1. The fraction of sp³-hybridized carbons (Fsp3) is 0.238. The van der Waals surface area contributed by atoms with E-state index >= 15 is 0 Å². The molecule has 2 atom stereocenters. The highest BCUT2D eigenvalue weighted by molar-refractivity contribution is 5.84. The Hall–Kier alpha value is -3.48. The number of aromatic hydroxyl groups is 1. The van der Waals surface area contributed by atoms with Gasteiger partial charge in [0, 0.05) is 17.7 Å². The number of benzene rings is 2. The molecule has 0 aliphatic carbocycles. The van der Waals surface area contributed by atoms with Gasteiger partial charge in [-0.15, -0.1) is 0 Å². The van der Waals surface area contributed by atoms with Crippen LogP contribution in [0.4, 0.5) is 10.5 Å². The molecule has 0 unspecified atom stereocenters. The lowest BCUT2D eigenvalue weighted by Crippen LogP contribution is -2.21. The van der Waals surface area contributed by atoms with Crippen molar-refractivity contribution in [3.8, 4) is 11.5 Å². The fourth-order valence-corrected chi connectivity index (χ4v) is 2.60. The number of carboxylic acids is 1. The van der Waals surface area contributed by atoms with Gasteiger partial charge in [0.15, 0.2) is 11.5 Å². The second kappa shape index (κ2) is 9.45. The van der Waals surface area contributed by atoms with Crippen LogP contribution in [0, 0.1) is 12.8 Å². The van der Waals surface area contributed by atoms with E-state index in [4.69, 9.17) is 14.6 Å². The van der Waals surface area contributed by atoms with Crippen molar-refractivity contribution < 1.29 is 29.3 Å². The summed E-state index contributed by atoms with van der Waals surface area (Å²) in [6, 6.07) is 11.8. The summed E-state index contributed by atoms with van der Waals surface area (Å²) in [6.45, 7) is 3.65. The van der Waals surface area contributed by atoms with Gasteiger partial charge in [0.1, 0.15) is 6.10 Å². The van der Waals surface area contributed by atoms with E-state index in [9.17, 15) is 14.7 Å². The van der Waals surface area contributed by atoms with Crippen LogP contribution in [0.3, 0.4) is 0 Å². The first-order valence-electron chi connectivity index (χ1n) is 8.62. The van der Waals surface area contributed by atoms with Crippen molar-refractivity contribution in [3.05, 3.63) is 65.7 Å². The molecule has 0 saturated carbocycles. The molecule has 0 radical (unpaired) electrons. The van der Waals surface area contributed by atoms with Crippen LogP contribution >= 0.6 is 0 Å². The number of hydrogen-bond acceptors (Lipinski definition) is 5. The van der Waals surface area contributed by atoms with Crippen molar-refractivity contribution in [1.82, 2.24) is 0 Å². The largest absolute Gasteiger partial charge is 0.504 e. The number of nitrogens with one attached hydrogen (secondary N) is 1. The molecule has 7 heteroatoms.